The fourth-order valence-electron chi connectivity index (χ4n) is 3.91. The van der Waals surface area contributed by atoms with Gasteiger partial charge in [0, 0.05) is 38.8 Å². The lowest BCUT2D eigenvalue weighted by atomic mass is 10.2. The van der Waals surface area contributed by atoms with Crippen LogP contribution >= 0.6 is 11.3 Å². The standard InChI is InChI=1S/C19H27N5O2S/c1-13(23-7-9-26-10-8-23)11-20-18(25)16-14(2)15-17(24-5-3-4-6-24)21-12-22-19(15)27-16/h12-13H,3-11H2,1-2H3,(H,20,25). The molecular formula is C19H27N5O2S. The topological polar surface area (TPSA) is 70.6 Å². The van der Waals surface area contributed by atoms with Crippen LogP contribution < -0.4 is 10.2 Å². The number of nitrogens with one attached hydrogen (secondary N) is 1. The Morgan fingerprint density at radius 3 is 2.74 bits per heavy atom. The number of anilines is 1. The van der Waals surface area contributed by atoms with Gasteiger partial charge in [-0.1, -0.05) is 0 Å². The summed E-state index contributed by atoms with van der Waals surface area (Å²) < 4.78 is 5.40. The van der Waals surface area contributed by atoms with Crippen LogP contribution in [0.1, 0.15) is 35.0 Å². The molecule has 0 radical (unpaired) electrons. The molecule has 0 aromatic carbocycles. The highest BCUT2D eigenvalue weighted by molar-refractivity contribution is 7.20. The van der Waals surface area contributed by atoms with Crippen molar-refractivity contribution in [3.63, 3.8) is 0 Å². The number of amides is 1. The molecule has 2 fully saturated rings. The SMILES string of the molecule is Cc1c(C(=O)NCC(C)N2CCOCC2)sc2ncnc(N3CCCC3)c12. The van der Waals surface area contributed by atoms with E-state index in [1.54, 1.807) is 6.33 Å². The first-order valence-electron chi connectivity index (χ1n) is 9.74. The molecule has 146 valence electrons. The molecule has 0 bridgehead atoms. The molecule has 0 saturated carbocycles. The Bertz CT molecular complexity index is 812. The van der Waals surface area contributed by atoms with Gasteiger partial charge in [0.05, 0.1) is 23.5 Å². The molecule has 1 amide bonds. The number of ether oxygens (including phenoxy) is 1. The molecule has 2 aliphatic rings. The Balaban J connectivity index is 1.50. The van der Waals surface area contributed by atoms with Crippen LogP contribution in [0.5, 0.6) is 0 Å². The Morgan fingerprint density at radius 1 is 1.26 bits per heavy atom. The minimum absolute atomic E-state index is 0.0111. The van der Waals surface area contributed by atoms with Gasteiger partial charge in [-0.05, 0) is 32.3 Å². The zero-order valence-corrected chi connectivity index (χ0v) is 16.8. The quantitative estimate of drug-likeness (QED) is 0.844. The second kappa shape index (κ2) is 8.08. The van der Waals surface area contributed by atoms with E-state index >= 15 is 0 Å². The highest BCUT2D eigenvalue weighted by atomic mass is 32.1. The van der Waals surface area contributed by atoms with Crippen molar-refractivity contribution in [3.8, 4) is 0 Å². The van der Waals surface area contributed by atoms with E-state index < -0.39 is 0 Å². The van der Waals surface area contributed by atoms with E-state index in [-0.39, 0.29) is 5.91 Å². The molecule has 4 rings (SSSR count). The Hall–Kier alpha value is -1.77. The highest BCUT2D eigenvalue weighted by Gasteiger charge is 2.24. The predicted octanol–water partition coefficient (Wildman–Crippen LogP) is 2.05. The largest absolute Gasteiger partial charge is 0.379 e. The lowest BCUT2D eigenvalue weighted by molar-refractivity contribution is 0.0204. The van der Waals surface area contributed by atoms with Crippen molar-refractivity contribution < 1.29 is 9.53 Å². The maximum absolute atomic E-state index is 12.8. The zero-order valence-electron chi connectivity index (χ0n) is 16.0. The van der Waals surface area contributed by atoms with Gasteiger partial charge in [-0.15, -0.1) is 11.3 Å². The molecule has 4 heterocycles. The smallest absolute Gasteiger partial charge is 0.261 e. The predicted molar refractivity (Wildman–Crippen MR) is 108 cm³/mol. The molecule has 27 heavy (non-hydrogen) atoms. The monoisotopic (exact) mass is 389 g/mol. The number of rotatable bonds is 5. The molecule has 2 aromatic heterocycles. The lowest BCUT2D eigenvalue weighted by Crippen LogP contribution is -2.47. The van der Waals surface area contributed by atoms with Gasteiger partial charge in [0.2, 0.25) is 0 Å². The summed E-state index contributed by atoms with van der Waals surface area (Å²) in [6.07, 6.45) is 4.01. The lowest BCUT2D eigenvalue weighted by Gasteiger charge is -2.32. The van der Waals surface area contributed by atoms with E-state index in [1.807, 2.05) is 6.92 Å². The third-order valence-corrected chi connectivity index (χ3v) is 6.74. The molecule has 1 atom stereocenters. The summed E-state index contributed by atoms with van der Waals surface area (Å²) in [5.41, 5.74) is 0.994. The number of carbonyl (C=O) groups excluding carboxylic acids is 1. The summed E-state index contributed by atoms with van der Waals surface area (Å²) in [7, 11) is 0. The summed E-state index contributed by atoms with van der Waals surface area (Å²) in [6.45, 7) is 10.2. The number of hydrogen-bond acceptors (Lipinski definition) is 7. The zero-order chi connectivity index (χ0) is 18.8. The molecule has 7 nitrogen and oxygen atoms in total. The summed E-state index contributed by atoms with van der Waals surface area (Å²) in [5, 5.41) is 4.15. The summed E-state index contributed by atoms with van der Waals surface area (Å²) in [4.78, 5) is 28.1. The Labute approximate surface area is 163 Å². The van der Waals surface area contributed by atoms with Gasteiger partial charge in [0.1, 0.15) is 17.0 Å². The minimum Gasteiger partial charge on any atom is -0.379 e. The van der Waals surface area contributed by atoms with Gasteiger partial charge in [-0.25, -0.2) is 9.97 Å². The van der Waals surface area contributed by atoms with Crippen LogP contribution in [0.25, 0.3) is 10.2 Å². The maximum Gasteiger partial charge on any atom is 0.261 e. The molecule has 2 saturated heterocycles. The first kappa shape index (κ1) is 18.6. The molecule has 8 heteroatoms. The fraction of sp³-hybridized carbons (Fsp3) is 0.632. The average molecular weight is 390 g/mol. The number of aryl methyl sites for hydroxylation is 1. The van der Waals surface area contributed by atoms with E-state index in [9.17, 15) is 4.79 Å². The van der Waals surface area contributed by atoms with Crippen molar-refractivity contribution in [2.75, 3.05) is 50.8 Å². The van der Waals surface area contributed by atoms with Gasteiger partial charge in [-0.2, -0.15) is 0 Å². The van der Waals surface area contributed by atoms with E-state index in [0.717, 1.165) is 65.9 Å². The van der Waals surface area contributed by atoms with Crippen LogP contribution in [-0.2, 0) is 4.74 Å². The van der Waals surface area contributed by atoms with Crippen LogP contribution in [0.3, 0.4) is 0 Å². The van der Waals surface area contributed by atoms with Gasteiger partial charge in [0.25, 0.3) is 5.91 Å². The van der Waals surface area contributed by atoms with Crippen molar-refractivity contribution in [1.29, 1.82) is 0 Å². The van der Waals surface area contributed by atoms with Gasteiger partial charge >= 0.3 is 0 Å². The van der Waals surface area contributed by atoms with Gasteiger partial charge in [-0.3, -0.25) is 9.69 Å². The van der Waals surface area contributed by atoms with Crippen LogP contribution in [0, 0.1) is 6.92 Å². The summed E-state index contributed by atoms with van der Waals surface area (Å²) in [5.74, 6) is 0.968. The number of thiophene rings is 1. The van der Waals surface area contributed by atoms with Crippen molar-refractivity contribution in [3.05, 3.63) is 16.8 Å². The van der Waals surface area contributed by atoms with Crippen LogP contribution in [-0.4, -0.2) is 72.8 Å². The maximum atomic E-state index is 12.8. The van der Waals surface area contributed by atoms with Crippen molar-refractivity contribution >= 4 is 33.3 Å². The molecule has 1 N–H and O–H groups in total. The highest BCUT2D eigenvalue weighted by Crippen LogP contribution is 2.35. The Kier molecular flexibility index (Phi) is 5.56. The minimum atomic E-state index is -0.0111. The first-order valence-corrected chi connectivity index (χ1v) is 10.6. The third-order valence-electron chi connectivity index (χ3n) is 5.55. The third kappa shape index (κ3) is 3.79. The number of carbonyl (C=O) groups is 1. The number of nitrogens with zero attached hydrogens (tertiary/aromatic N) is 4. The van der Waals surface area contributed by atoms with E-state index in [4.69, 9.17) is 4.74 Å². The normalized spacial score (nSPS) is 19.6. The second-order valence-electron chi connectivity index (χ2n) is 7.34. The second-order valence-corrected chi connectivity index (χ2v) is 8.33. The van der Waals surface area contributed by atoms with Crippen LogP contribution in [0.15, 0.2) is 6.33 Å². The summed E-state index contributed by atoms with van der Waals surface area (Å²) in [6, 6.07) is 0.299. The molecule has 0 spiro atoms. The number of aromatic nitrogens is 2. The van der Waals surface area contributed by atoms with Gasteiger partial charge < -0.3 is 15.0 Å². The van der Waals surface area contributed by atoms with Crippen LogP contribution in [0.4, 0.5) is 5.82 Å². The average Bonchev–Trinajstić information content (AvgIpc) is 3.35. The van der Waals surface area contributed by atoms with E-state index in [1.165, 1.54) is 24.2 Å². The molecule has 2 aromatic rings. The van der Waals surface area contributed by atoms with E-state index in [0.29, 0.717) is 12.6 Å². The van der Waals surface area contributed by atoms with Crippen molar-refractivity contribution in [1.82, 2.24) is 20.2 Å². The van der Waals surface area contributed by atoms with E-state index in [2.05, 4.69) is 32.0 Å². The summed E-state index contributed by atoms with van der Waals surface area (Å²) >= 11 is 1.47. The fourth-order valence-corrected chi connectivity index (χ4v) is 4.97. The number of fused-ring (bicyclic) bond motifs is 1. The molecule has 0 aliphatic carbocycles. The Morgan fingerprint density at radius 2 is 2.00 bits per heavy atom. The van der Waals surface area contributed by atoms with Crippen molar-refractivity contribution in [2.45, 2.75) is 32.7 Å². The van der Waals surface area contributed by atoms with Crippen LogP contribution in [0.2, 0.25) is 0 Å². The molecular weight excluding hydrogens is 362 g/mol. The molecule has 2 aliphatic heterocycles. The number of hydrogen-bond donors (Lipinski definition) is 1. The first-order chi connectivity index (χ1) is 13.1. The van der Waals surface area contributed by atoms with Gasteiger partial charge in [0.15, 0.2) is 0 Å². The molecule has 1 unspecified atom stereocenters. The van der Waals surface area contributed by atoms with Crippen molar-refractivity contribution in [2.24, 2.45) is 0 Å². The number of morpholine rings is 1.